The summed E-state index contributed by atoms with van der Waals surface area (Å²) in [5.41, 5.74) is 2.77. The van der Waals surface area contributed by atoms with Gasteiger partial charge in [0.15, 0.2) is 0 Å². The van der Waals surface area contributed by atoms with E-state index in [0.717, 1.165) is 6.42 Å². The third kappa shape index (κ3) is 2.42. The zero-order valence-electron chi connectivity index (χ0n) is 9.97. The van der Waals surface area contributed by atoms with Gasteiger partial charge in [-0.1, -0.05) is 26.7 Å². The van der Waals surface area contributed by atoms with Crippen LogP contribution in [0.3, 0.4) is 0 Å². The molecule has 0 amide bonds. The number of nitrogens with zero attached hydrogens (tertiary/aromatic N) is 1. The highest BCUT2D eigenvalue weighted by Crippen LogP contribution is 2.29. The summed E-state index contributed by atoms with van der Waals surface area (Å²) in [5.74, 6) is 1.90. The van der Waals surface area contributed by atoms with Crippen LogP contribution in [0.4, 0.5) is 0 Å². The number of aromatic nitrogens is 2. The fourth-order valence-corrected chi connectivity index (χ4v) is 2.46. The number of hydrogen-bond donors (Lipinski definition) is 1. The average molecular weight is 206 g/mol. The number of rotatable bonds is 4. The van der Waals surface area contributed by atoms with Crippen molar-refractivity contribution in [3.8, 4) is 0 Å². The van der Waals surface area contributed by atoms with Gasteiger partial charge in [-0.2, -0.15) is 0 Å². The first-order valence-electron chi connectivity index (χ1n) is 6.39. The largest absolute Gasteiger partial charge is 0.346 e. The van der Waals surface area contributed by atoms with E-state index in [2.05, 4.69) is 18.8 Å². The molecule has 1 aromatic rings. The molecule has 0 bridgehead atoms. The summed E-state index contributed by atoms with van der Waals surface area (Å²) in [7, 11) is 0. The molecule has 2 rings (SSSR count). The smallest absolute Gasteiger partial charge is 0.106 e. The average Bonchev–Trinajstić information content (AvgIpc) is 2.63. The molecule has 0 saturated heterocycles. The monoisotopic (exact) mass is 206 g/mol. The Morgan fingerprint density at radius 3 is 3.00 bits per heavy atom. The van der Waals surface area contributed by atoms with Crippen molar-refractivity contribution in [2.45, 2.75) is 64.7 Å². The van der Waals surface area contributed by atoms with Crippen LogP contribution in [0.2, 0.25) is 0 Å². The van der Waals surface area contributed by atoms with Crippen molar-refractivity contribution in [3.63, 3.8) is 0 Å². The second-order valence-corrected chi connectivity index (χ2v) is 4.80. The molecule has 0 aromatic carbocycles. The van der Waals surface area contributed by atoms with E-state index in [-0.39, 0.29) is 0 Å². The molecular formula is C13H22N2. The fraction of sp³-hybridized carbons (Fsp3) is 0.769. The van der Waals surface area contributed by atoms with Crippen molar-refractivity contribution < 1.29 is 0 Å². The summed E-state index contributed by atoms with van der Waals surface area (Å²) in [6.07, 6.45) is 8.86. The number of imidazole rings is 1. The molecule has 1 aliphatic carbocycles. The minimum absolute atomic E-state index is 0.671. The summed E-state index contributed by atoms with van der Waals surface area (Å²) >= 11 is 0. The molecule has 1 unspecified atom stereocenters. The predicted octanol–water partition coefficient (Wildman–Crippen LogP) is 3.58. The highest BCUT2D eigenvalue weighted by Gasteiger charge is 2.20. The Morgan fingerprint density at radius 1 is 1.40 bits per heavy atom. The van der Waals surface area contributed by atoms with E-state index in [9.17, 15) is 0 Å². The third-order valence-corrected chi connectivity index (χ3v) is 3.41. The standard InChI is InChI=1S/C13H22N2/c1-3-4-5-9-12-14-11-8-6-7-10(2)13(11)15-12/h10H,3-9H2,1-2H3,(H,14,15). The van der Waals surface area contributed by atoms with Gasteiger partial charge in [0.25, 0.3) is 0 Å². The number of fused-ring (bicyclic) bond motifs is 1. The number of aryl methyl sites for hydroxylation is 2. The second-order valence-electron chi connectivity index (χ2n) is 4.80. The van der Waals surface area contributed by atoms with Gasteiger partial charge in [-0.3, -0.25) is 0 Å². The molecular weight excluding hydrogens is 184 g/mol. The van der Waals surface area contributed by atoms with E-state index in [4.69, 9.17) is 4.98 Å². The Labute approximate surface area is 92.5 Å². The molecule has 1 atom stereocenters. The van der Waals surface area contributed by atoms with E-state index in [1.807, 2.05) is 0 Å². The van der Waals surface area contributed by atoms with E-state index in [0.29, 0.717) is 5.92 Å². The van der Waals surface area contributed by atoms with E-state index < -0.39 is 0 Å². The van der Waals surface area contributed by atoms with E-state index >= 15 is 0 Å². The molecule has 15 heavy (non-hydrogen) atoms. The van der Waals surface area contributed by atoms with Crippen molar-refractivity contribution in [1.82, 2.24) is 9.97 Å². The van der Waals surface area contributed by atoms with Crippen LogP contribution in [0.5, 0.6) is 0 Å². The van der Waals surface area contributed by atoms with Crippen LogP contribution in [0, 0.1) is 0 Å². The van der Waals surface area contributed by atoms with Crippen molar-refractivity contribution >= 4 is 0 Å². The quantitative estimate of drug-likeness (QED) is 0.749. The van der Waals surface area contributed by atoms with Gasteiger partial charge in [0.1, 0.15) is 5.82 Å². The van der Waals surface area contributed by atoms with E-state index in [1.165, 1.54) is 55.7 Å². The van der Waals surface area contributed by atoms with Crippen LogP contribution in [0.15, 0.2) is 0 Å². The van der Waals surface area contributed by atoms with Gasteiger partial charge in [-0.25, -0.2) is 4.98 Å². The molecule has 0 aliphatic heterocycles. The molecule has 1 heterocycles. The first kappa shape index (κ1) is 10.7. The minimum atomic E-state index is 0.671. The van der Waals surface area contributed by atoms with E-state index in [1.54, 1.807) is 0 Å². The lowest BCUT2D eigenvalue weighted by atomic mass is 9.92. The molecule has 0 saturated carbocycles. The second kappa shape index (κ2) is 4.82. The Hall–Kier alpha value is -0.790. The fourth-order valence-electron chi connectivity index (χ4n) is 2.46. The van der Waals surface area contributed by atoms with Gasteiger partial charge in [0.2, 0.25) is 0 Å². The first-order valence-corrected chi connectivity index (χ1v) is 6.39. The van der Waals surface area contributed by atoms with Crippen molar-refractivity contribution in [1.29, 1.82) is 0 Å². The summed E-state index contributed by atoms with van der Waals surface area (Å²) in [6.45, 7) is 4.55. The third-order valence-electron chi connectivity index (χ3n) is 3.41. The molecule has 2 heteroatoms. The Kier molecular flexibility index (Phi) is 3.45. The predicted molar refractivity (Wildman–Crippen MR) is 63.2 cm³/mol. The van der Waals surface area contributed by atoms with Crippen LogP contribution >= 0.6 is 0 Å². The van der Waals surface area contributed by atoms with Gasteiger partial charge >= 0.3 is 0 Å². The van der Waals surface area contributed by atoms with Crippen LogP contribution in [0.25, 0.3) is 0 Å². The molecule has 0 fully saturated rings. The van der Waals surface area contributed by atoms with Gasteiger partial charge in [-0.05, 0) is 25.7 Å². The van der Waals surface area contributed by atoms with Gasteiger partial charge in [0.05, 0.1) is 5.69 Å². The lowest BCUT2D eigenvalue weighted by molar-refractivity contribution is 0.574. The summed E-state index contributed by atoms with van der Waals surface area (Å²) in [4.78, 5) is 8.26. The van der Waals surface area contributed by atoms with Crippen LogP contribution in [0.1, 0.15) is 69.1 Å². The molecule has 0 spiro atoms. The molecule has 0 radical (unpaired) electrons. The van der Waals surface area contributed by atoms with Crippen molar-refractivity contribution in [2.75, 3.05) is 0 Å². The molecule has 2 nitrogen and oxygen atoms in total. The number of unbranched alkanes of at least 4 members (excludes halogenated alkanes) is 2. The van der Waals surface area contributed by atoms with Crippen LogP contribution in [-0.2, 0) is 12.8 Å². The number of H-pyrrole nitrogens is 1. The Bertz CT molecular complexity index is 314. The summed E-state index contributed by atoms with van der Waals surface area (Å²) in [5, 5.41) is 0. The molecule has 1 aromatic heterocycles. The minimum Gasteiger partial charge on any atom is -0.346 e. The van der Waals surface area contributed by atoms with Crippen molar-refractivity contribution in [2.24, 2.45) is 0 Å². The normalized spacial score (nSPS) is 20.3. The lowest BCUT2D eigenvalue weighted by Crippen LogP contribution is -2.05. The topological polar surface area (TPSA) is 28.7 Å². The maximum absolute atomic E-state index is 4.75. The Morgan fingerprint density at radius 2 is 2.27 bits per heavy atom. The highest BCUT2D eigenvalue weighted by molar-refractivity contribution is 5.21. The van der Waals surface area contributed by atoms with Crippen molar-refractivity contribution in [3.05, 3.63) is 17.2 Å². The number of aromatic amines is 1. The summed E-state index contributed by atoms with van der Waals surface area (Å²) < 4.78 is 0. The molecule has 1 aliphatic rings. The number of hydrogen-bond acceptors (Lipinski definition) is 1. The van der Waals surface area contributed by atoms with Gasteiger partial charge < -0.3 is 4.98 Å². The Balaban J connectivity index is 2.01. The molecule has 84 valence electrons. The molecule has 1 N–H and O–H groups in total. The first-order chi connectivity index (χ1) is 7.31. The zero-order valence-corrected chi connectivity index (χ0v) is 9.97. The zero-order chi connectivity index (χ0) is 10.7. The lowest BCUT2D eigenvalue weighted by Gasteiger charge is -2.15. The number of nitrogens with one attached hydrogen (secondary N) is 1. The van der Waals surface area contributed by atoms with Crippen LogP contribution in [-0.4, -0.2) is 9.97 Å². The van der Waals surface area contributed by atoms with Gasteiger partial charge in [-0.15, -0.1) is 0 Å². The van der Waals surface area contributed by atoms with Crippen LogP contribution < -0.4 is 0 Å². The summed E-state index contributed by atoms with van der Waals surface area (Å²) in [6, 6.07) is 0. The SMILES string of the molecule is CCCCCc1nc2c([nH]1)CCCC2C. The maximum Gasteiger partial charge on any atom is 0.106 e. The van der Waals surface area contributed by atoms with Gasteiger partial charge in [0, 0.05) is 18.0 Å². The maximum atomic E-state index is 4.75. The highest BCUT2D eigenvalue weighted by atomic mass is 14.9.